The van der Waals surface area contributed by atoms with Crippen molar-refractivity contribution in [1.29, 1.82) is 0 Å². The van der Waals surface area contributed by atoms with Gasteiger partial charge in [0.15, 0.2) is 0 Å². The average molecular weight is 341 g/mol. The summed E-state index contributed by atoms with van der Waals surface area (Å²) < 4.78 is 20.0. The van der Waals surface area contributed by atoms with Crippen LogP contribution in [0.25, 0.3) is 11.3 Å². The minimum absolute atomic E-state index is 0.109. The van der Waals surface area contributed by atoms with Crippen molar-refractivity contribution in [1.82, 2.24) is 15.3 Å². The summed E-state index contributed by atoms with van der Waals surface area (Å²) in [6.45, 7) is 0.436. The number of nitrogens with zero attached hydrogens (tertiary/aromatic N) is 2. The molecule has 130 valence electrons. The number of amides is 1. The van der Waals surface area contributed by atoms with Crippen LogP contribution in [0, 0.1) is 11.7 Å². The first-order valence-corrected chi connectivity index (χ1v) is 8.74. The van der Waals surface area contributed by atoms with E-state index in [0.29, 0.717) is 30.0 Å². The molecule has 1 atom stereocenters. The molecule has 1 N–H and O–H groups in total. The molecule has 1 aliphatic heterocycles. The lowest BCUT2D eigenvalue weighted by molar-refractivity contribution is -0.125. The Labute approximate surface area is 145 Å². The first-order chi connectivity index (χ1) is 12.2. The topological polar surface area (TPSA) is 64.1 Å². The van der Waals surface area contributed by atoms with Gasteiger partial charge in [0.1, 0.15) is 17.7 Å². The minimum Gasteiger partial charge on any atom is -0.487 e. The Morgan fingerprint density at radius 3 is 2.88 bits per heavy atom. The van der Waals surface area contributed by atoms with Crippen LogP contribution in [0.4, 0.5) is 4.39 Å². The highest BCUT2D eigenvalue weighted by Gasteiger charge is 2.29. The fraction of sp³-hybridized carbons (Fsp3) is 0.421. The fourth-order valence-electron chi connectivity index (χ4n) is 3.68. The number of rotatable bonds is 4. The molecule has 0 saturated heterocycles. The molecule has 1 aliphatic carbocycles. The van der Waals surface area contributed by atoms with E-state index in [1.807, 2.05) is 0 Å². The molecular formula is C19H20FN3O2. The van der Waals surface area contributed by atoms with Gasteiger partial charge < -0.3 is 10.1 Å². The zero-order chi connectivity index (χ0) is 17.2. The van der Waals surface area contributed by atoms with Crippen LogP contribution < -0.4 is 10.1 Å². The lowest BCUT2D eigenvalue weighted by Gasteiger charge is -2.15. The maximum absolute atomic E-state index is 14.0. The zero-order valence-corrected chi connectivity index (χ0v) is 13.9. The molecule has 0 spiro atoms. The number of aromatic nitrogens is 2. The fourth-order valence-corrected chi connectivity index (χ4v) is 3.68. The summed E-state index contributed by atoms with van der Waals surface area (Å²) in [5, 5.41) is 2.99. The van der Waals surface area contributed by atoms with Crippen LogP contribution in [0.15, 0.2) is 30.7 Å². The van der Waals surface area contributed by atoms with Gasteiger partial charge in [-0.1, -0.05) is 12.8 Å². The molecule has 1 saturated carbocycles. The maximum Gasteiger partial charge on any atom is 0.223 e. The van der Waals surface area contributed by atoms with Gasteiger partial charge in [-0.15, -0.1) is 0 Å². The van der Waals surface area contributed by atoms with E-state index in [-0.39, 0.29) is 23.7 Å². The largest absolute Gasteiger partial charge is 0.487 e. The van der Waals surface area contributed by atoms with Crippen LogP contribution in [-0.4, -0.2) is 28.5 Å². The summed E-state index contributed by atoms with van der Waals surface area (Å²) in [4.78, 5) is 20.5. The van der Waals surface area contributed by atoms with Gasteiger partial charge in [-0.3, -0.25) is 14.8 Å². The maximum atomic E-state index is 14.0. The van der Waals surface area contributed by atoms with Crippen molar-refractivity contribution in [3.05, 3.63) is 42.1 Å². The van der Waals surface area contributed by atoms with Crippen LogP contribution >= 0.6 is 0 Å². The van der Waals surface area contributed by atoms with Gasteiger partial charge in [0.2, 0.25) is 5.91 Å². The third-order valence-electron chi connectivity index (χ3n) is 4.93. The van der Waals surface area contributed by atoms with Crippen LogP contribution in [0.3, 0.4) is 0 Å². The monoisotopic (exact) mass is 341 g/mol. The van der Waals surface area contributed by atoms with E-state index in [2.05, 4.69) is 15.3 Å². The van der Waals surface area contributed by atoms with Crippen molar-refractivity contribution in [2.75, 3.05) is 6.54 Å². The van der Waals surface area contributed by atoms with Gasteiger partial charge >= 0.3 is 0 Å². The quantitative estimate of drug-likeness (QED) is 0.929. The molecule has 2 heterocycles. The van der Waals surface area contributed by atoms with E-state index in [1.54, 1.807) is 18.6 Å². The molecule has 1 amide bonds. The lowest BCUT2D eigenvalue weighted by atomic mass is 10.0. The van der Waals surface area contributed by atoms with Gasteiger partial charge in [-0.05, 0) is 25.0 Å². The third kappa shape index (κ3) is 3.34. The molecule has 2 aromatic rings. The Morgan fingerprint density at radius 1 is 1.28 bits per heavy atom. The predicted octanol–water partition coefficient (Wildman–Crippen LogP) is 2.89. The number of ether oxygens (including phenoxy) is 1. The molecule has 1 aromatic heterocycles. The van der Waals surface area contributed by atoms with Gasteiger partial charge in [0, 0.05) is 35.9 Å². The Kier molecular flexibility index (Phi) is 4.34. The Balaban J connectivity index is 1.48. The van der Waals surface area contributed by atoms with Crippen LogP contribution in [0.1, 0.15) is 31.2 Å². The molecule has 6 heteroatoms. The molecule has 5 nitrogen and oxygen atoms in total. The Hall–Kier alpha value is -2.50. The van der Waals surface area contributed by atoms with Gasteiger partial charge in [-0.2, -0.15) is 0 Å². The molecule has 2 aliphatic rings. The molecule has 1 unspecified atom stereocenters. The number of carbonyl (C=O) groups excluding carboxylic acids is 1. The molecule has 0 bridgehead atoms. The second-order valence-electron chi connectivity index (χ2n) is 6.70. The van der Waals surface area contributed by atoms with E-state index in [1.165, 1.54) is 12.1 Å². The van der Waals surface area contributed by atoms with Crippen molar-refractivity contribution in [3.63, 3.8) is 0 Å². The second kappa shape index (κ2) is 6.78. The number of hydrogen-bond donors (Lipinski definition) is 1. The van der Waals surface area contributed by atoms with Crippen LogP contribution in [0.2, 0.25) is 0 Å². The number of carbonyl (C=O) groups is 1. The van der Waals surface area contributed by atoms with Crippen molar-refractivity contribution in [2.24, 2.45) is 5.92 Å². The first kappa shape index (κ1) is 16.0. The minimum atomic E-state index is -0.321. The Bertz CT molecular complexity index is 776. The standard InChI is InChI=1S/C19H20FN3O2/c20-14-7-13-8-15(10-23-19(24)12-3-1-2-4-12)25-18(13)16(9-14)17-11-21-5-6-22-17/h5-7,9,11-12,15H,1-4,8,10H2,(H,23,24). The van der Waals surface area contributed by atoms with E-state index in [9.17, 15) is 9.18 Å². The molecule has 25 heavy (non-hydrogen) atoms. The van der Waals surface area contributed by atoms with Gasteiger partial charge in [-0.25, -0.2) is 4.39 Å². The number of fused-ring (bicyclic) bond motifs is 1. The zero-order valence-electron chi connectivity index (χ0n) is 13.9. The summed E-state index contributed by atoms with van der Waals surface area (Å²) in [6.07, 6.45) is 9.33. The SMILES string of the molecule is O=C(NCC1Cc2cc(F)cc(-c3cnccn3)c2O1)C1CCCC1. The number of halogens is 1. The van der Waals surface area contributed by atoms with Crippen molar-refractivity contribution >= 4 is 5.91 Å². The van der Waals surface area contributed by atoms with E-state index < -0.39 is 0 Å². The number of hydrogen-bond acceptors (Lipinski definition) is 4. The summed E-state index contributed by atoms with van der Waals surface area (Å²) in [5.41, 5.74) is 1.99. The normalized spacial score (nSPS) is 19.5. The van der Waals surface area contributed by atoms with E-state index in [4.69, 9.17) is 4.74 Å². The summed E-state index contributed by atoms with van der Waals surface area (Å²) in [5.74, 6) is 0.564. The molecule has 1 fully saturated rings. The first-order valence-electron chi connectivity index (χ1n) is 8.74. The van der Waals surface area contributed by atoms with Crippen molar-refractivity contribution < 1.29 is 13.9 Å². The smallest absolute Gasteiger partial charge is 0.223 e. The highest BCUT2D eigenvalue weighted by Crippen LogP contribution is 2.38. The van der Waals surface area contributed by atoms with Crippen LogP contribution in [-0.2, 0) is 11.2 Å². The van der Waals surface area contributed by atoms with Crippen molar-refractivity contribution in [2.45, 2.75) is 38.2 Å². The predicted molar refractivity (Wildman–Crippen MR) is 90.5 cm³/mol. The van der Waals surface area contributed by atoms with Crippen LogP contribution in [0.5, 0.6) is 5.75 Å². The second-order valence-corrected chi connectivity index (χ2v) is 6.70. The highest BCUT2D eigenvalue weighted by atomic mass is 19.1. The van der Waals surface area contributed by atoms with E-state index >= 15 is 0 Å². The average Bonchev–Trinajstić information content (AvgIpc) is 3.29. The van der Waals surface area contributed by atoms with Gasteiger partial charge in [0.05, 0.1) is 18.4 Å². The van der Waals surface area contributed by atoms with Crippen molar-refractivity contribution in [3.8, 4) is 17.0 Å². The summed E-state index contributed by atoms with van der Waals surface area (Å²) >= 11 is 0. The highest BCUT2D eigenvalue weighted by molar-refractivity contribution is 5.79. The van der Waals surface area contributed by atoms with Gasteiger partial charge in [0.25, 0.3) is 0 Å². The third-order valence-corrected chi connectivity index (χ3v) is 4.93. The molecular weight excluding hydrogens is 321 g/mol. The molecule has 1 aromatic carbocycles. The summed E-state index contributed by atoms with van der Waals surface area (Å²) in [6, 6.07) is 2.91. The lowest BCUT2D eigenvalue weighted by Crippen LogP contribution is -2.37. The molecule has 4 rings (SSSR count). The Morgan fingerprint density at radius 2 is 2.12 bits per heavy atom. The molecule has 0 radical (unpaired) electrons. The van der Waals surface area contributed by atoms with E-state index in [0.717, 1.165) is 31.2 Å². The summed E-state index contributed by atoms with van der Waals surface area (Å²) in [7, 11) is 0. The number of nitrogens with one attached hydrogen (secondary N) is 1. The number of benzene rings is 1.